The quantitative estimate of drug-likeness (QED) is 0.667. The van der Waals surface area contributed by atoms with Crippen LogP contribution in [0.3, 0.4) is 0 Å². The van der Waals surface area contributed by atoms with E-state index < -0.39 is 0 Å². The van der Waals surface area contributed by atoms with E-state index >= 15 is 0 Å². The van der Waals surface area contributed by atoms with Crippen molar-refractivity contribution in [3.05, 3.63) is 47.4 Å². The van der Waals surface area contributed by atoms with Crippen LogP contribution in [-0.2, 0) is 0 Å². The Morgan fingerprint density at radius 1 is 1.00 bits per heavy atom. The molecule has 1 fully saturated rings. The molecule has 1 aromatic carbocycles. The third-order valence-electron chi connectivity index (χ3n) is 4.56. The molecule has 0 aliphatic carbocycles. The molecule has 2 aromatic rings. The minimum Gasteiger partial charge on any atom is -0.372 e. The summed E-state index contributed by atoms with van der Waals surface area (Å²) in [5.41, 5.74) is 7.35. The van der Waals surface area contributed by atoms with Gasteiger partial charge in [-0.15, -0.1) is 0 Å². The maximum atomic E-state index is 4.47. The van der Waals surface area contributed by atoms with Crippen LogP contribution in [0.15, 0.2) is 35.4 Å². The van der Waals surface area contributed by atoms with E-state index in [1.54, 1.807) is 0 Å². The molecule has 3 rings (SSSR count). The van der Waals surface area contributed by atoms with Gasteiger partial charge in [0.15, 0.2) is 0 Å². The summed E-state index contributed by atoms with van der Waals surface area (Å²) in [5.74, 6) is 1.47. The van der Waals surface area contributed by atoms with Crippen LogP contribution >= 0.6 is 0 Å². The third-order valence-corrected chi connectivity index (χ3v) is 4.56. The van der Waals surface area contributed by atoms with E-state index in [-0.39, 0.29) is 0 Å². The van der Waals surface area contributed by atoms with Gasteiger partial charge < -0.3 is 4.90 Å². The summed E-state index contributed by atoms with van der Waals surface area (Å²) in [4.78, 5) is 11.1. The summed E-state index contributed by atoms with van der Waals surface area (Å²) < 4.78 is 0. The highest BCUT2D eigenvalue weighted by atomic mass is 15.3. The van der Waals surface area contributed by atoms with Crippen molar-refractivity contribution in [1.29, 1.82) is 0 Å². The van der Waals surface area contributed by atoms with Crippen LogP contribution in [-0.4, -0.2) is 28.8 Å². The molecule has 1 aliphatic rings. The highest BCUT2D eigenvalue weighted by Crippen LogP contribution is 2.20. The van der Waals surface area contributed by atoms with E-state index in [0.29, 0.717) is 0 Å². The number of benzene rings is 1. The van der Waals surface area contributed by atoms with Gasteiger partial charge in [-0.1, -0.05) is 25.0 Å². The maximum Gasteiger partial charge on any atom is 0.150 e. The first kappa shape index (κ1) is 17.4. The number of aryl methyl sites for hydroxylation is 2. The van der Waals surface area contributed by atoms with Crippen molar-refractivity contribution in [3.63, 3.8) is 0 Å². The second-order valence-electron chi connectivity index (χ2n) is 6.70. The van der Waals surface area contributed by atoms with Crippen LogP contribution in [0.5, 0.6) is 0 Å². The Morgan fingerprint density at radius 2 is 1.68 bits per heavy atom. The smallest absolute Gasteiger partial charge is 0.150 e. The molecule has 5 heteroatoms. The molecular weight excluding hydrogens is 310 g/mol. The number of hydrogen-bond donors (Lipinski definition) is 1. The lowest BCUT2D eigenvalue weighted by molar-refractivity contribution is 0.726. The predicted molar refractivity (Wildman–Crippen MR) is 104 cm³/mol. The zero-order valence-electron chi connectivity index (χ0n) is 15.4. The molecular formula is C20H27N5. The van der Waals surface area contributed by atoms with Crippen molar-refractivity contribution in [2.45, 2.75) is 46.5 Å². The summed E-state index contributed by atoms with van der Waals surface area (Å²) in [5, 5.41) is 4.47. The van der Waals surface area contributed by atoms with Gasteiger partial charge in [0.2, 0.25) is 0 Å². The standard InChI is InChI=1S/C20H27N5/c1-15-14-20(22-17(3)21-15)24-23-16(2)18-8-10-19(11-9-18)25-12-6-4-5-7-13-25/h8-11,14H,4-7,12-13H2,1-3H3,(H,21,22,24)/b23-16+. The molecule has 0 saturated carbocycles. The topological polar surface area (TPSA) is 53.4 Å². The average Bonchev–Trinajstić information content (AvgIpc) is 2.88. The van der Waals surface area contributed by atoms with Gasteiger partial charge in [-0.25, -0.2) is 9.97 Å². The first-order valence-corrected chi connectivity index (χ1v) is 9.10. The van der Waals surface area contributed by atoms with Gasteiger partial charge in [0.25, 0.3) is 0 Å². The van der Waals surface area contributed by atoms with E-state index in [2.05, 4.69) is 49.7 Å². The van der Waals surface area contributed by atoms with Gasteiger partial charge in [0.1, 0.15) is 11.6 Å². The number of nitrogens with zero attached hydrogens (tertiary/aromatic N) is 4. The van der Waals surface area contributed by atoms with Gasteiger partial charge >= 0.3 is 0 Å². The molecule has 1 aliphatic heterocycles. The molecule has 0 radical (unpaired) electrons. The highest BCUT2D eigenvalue weighted by Gasteiger charge is 2.10. The van der Waals surface area contributed by atoms with Crippen LogP contribution in [0, 0.1) is 13.8 Å². The van der Waals surface area contributed by atoms with Crippen molar-refractivity contribution < 1.29 is 0 Å². The first-order valence-electron chi connectivity index (χ1n) is 9.10. The molecule has 0 atom stereocenters. The normalized spacial score (nSPS) is 15.8. The second-order valence-corrected chi connectivity index (χ2v) is 6.70. The highest BCUT2D eigenvalue weighted by molar-refractivity contribution is 5.99. The van der Waals surface area contributed by atoms with Crippen LogP contribution < -0.4 is 10.3 Å². The molecule has 1 aromatic heterocycles. The van der Waals surface area contributed by atoms with E-state index in [9.17, 15) is 0 Å². The van der Waals surface area contributed by atoms with Crippen LogP contribution in [0.2, 0.25) is 0 Å². The fraction of sp³-hybridized carbons (Fsp3) is 0.450. The molecule has 5 nitrogen and oxygen atoms in total. The monoisotopic (exact) mass is 337 g/mol. The molecule has 2 heterocycles. The lowest BCUT2D eigenvalue weighted by Gasteiger charge is -2.22. The zero-order chi connectivity index (χ0) is 17.6. The number of anilines is 2. The van der Waals surface area contributed by atoms with Crippen molar-refractivity contribution in [2.24, 2.45) is 5.10 Å². The number of rotatable bonds is 4. The molecule has 0 amide bonds. The van der Waals surface area contributed by atoms with Gasteiger partial charge in [0, 0.05) is 30.5 Å². The molecule has 1 saturated heterocycles. The molecule has 0 bridgehead atoms. The number of hydrazone groups is 1. The van der Waals surface area contributed by atoms with Gasteiger partial charge in [-0.2, -0.15) is 5.10 Å². The third kappa shape index (κ3) is 4.78. The largest absolute Gasteiger partial charge is 0.372 e. The predicted octanol–water partition coefficient (Wildman–Crippen LogP) is 4.31. The summed E-state index contributed by atoms with van der Waals surface area (Å²) in [6.07, 6.45) is 5.30. The van der Waals surface area contributed by atoms with E-state index in [1.165, 1.54) is 44.5 Å². The van der Waals surface area contributed by atoms with E-state index in [1.807, 2.05) is 26.8 Å². The van der Waals surface area contributed by atoms with Crippen molar-refractivity contribution in [2.75, 3.05) is 23.4 Å². The molecule has 132 valence electrons. The zero-order valence-corrected chi connectivity index (χ0v) is 15.4. The summed E-state index contributed by atoms with van der Waals surface area (Å²) in [6, 6.07) is 10.6. The number of aromatic nitrogens is 2. The van der Waals surface area contributed by atoms with E-state index in [0.717, 1.165) is 28.6 Å². The Labute approximate surface area is 150 Å². The minimum atomic E-state index is 0.727. The lowest BCUT2D eigenvalue weighted by atomic mass is 10.1. The first-order chi connectivity index (χ1) is 12.1. The fourth-order valence-electron chi connectivity index (χ4n) is 3.22. The van der Waals surface area contributed by atoms with Crippen LogP contribution in [0.1, 0.15) is 49.7 Å². The minimum absolute atomic E-state index is 0.727. The Balaban J connectivity index is 1.68. The van der Waals surface area contributed by atoms with E-state index in [4.69, 9.17) is 0 Å². The second kappa shape index (κ2) is 8.10. The Morgan fingerprint density at radius 3 is 2.32 bits per heavy atom. The van der Waals surface area contributed by atoms with Crippen molar-refractivity contribution in [3.8, 4) is 0 Å². The van der Waals surface area contributed by atoms with Gasteiger partial charge in [-0.3, -0.25) is 5.43 Å². The van der Waals surface area contributed by atoms with Crippen LogP contribution in [0.4, 0.5) is 11.5 Å². The molecule has 0 spiro atoms. The summed E-state index contributed by atoms with van der Waals surface area (Å²) in [7, 11) is 0. The van der Waals surface area contributed by atoms with Gasteiger partial charge in [0.05, 0.1) is 5.71 Å². The van der Waals surface area contributed by atoms with Crippen molar-refractivity contribution in [1.82, 2.24) is 9.97 Å². The summed E-state index contributed by atoms with van der Waals surface area (Å²) in [6.45, 7) is 8.18. The van der Waals surface area contributed by atoms with Crippen LogP contribution in [0.25, 0.3) is 0 Å². The SMILES string of the molecule is C/C(=N\Nc1cc(C)nc(C)n1)c1ccc(N2CCCCCC2)cc1. The van der Waals surface area contributed by atoms with Crippen molar-refractivity contribution >= 4 is 17.2 Å². The van der Waals surface area contributed by atoms with Gasteiger partial charge in [-0.05, 0) is 51.3 Å². The molecule has 25 heavy (non-hydrogen) atoms. The molecule has 1 N–H and O–H groups in total. The number of nitrogens with one attached hydrogen (secondary N) is 1. The fourth-order valence-corrected chi connectivity index (χ4v) is 3.22. The Hall–Kier alpha value is -2.43. The average molecular weight is 337 g/mol. The Kier molecular flexibility index (Phi) is 5.64. The maximum absolute atomic E-state index is 4.47. The lowest BCUT2D eigenvalue weighted by Crippen LogP contribution is -2.23. The Bertz CT molecular complexity index is 708. The summed E-state index contributed by atoms with van der Waals surface area (Å²) >= 11 is 0. The number of hydrogen-bond acceptors (Lipinski definition) is 5. The molecule has 0 unspecified atom stereocenters.